The normalized spacial score (nSPS) is 9.93. The van der Waals surface area contributed by atoms with Crippen LogP contribution >= 0.6 is 0 Å². The molecule has 2 aromatic rings. The summed E-state index contributed by atoms with van der Waals surface area (Å²) in [4.78, 5) is 11.1. The maximum absolute atomic E-state index is 11.1. The number of nitrogens with one attached hydrogen (secondary N) is 1. The van der Waals surface area contributed by atoms with Crippen LogP contribution in [-0.2, 0) is 0 Å². The molecule has 0 fully saturated rings. The topological polar surface area (TPSA) is 38.3 Å². The van der Waals surface area contributed by atoms with Gasteiger partial charge in [0.25, 0.3) is 0 Å². The lowest BCUT2D eigenvalue weighted by atomic mass is 10.1. The van der Waals surface area contributed by atoms with Crippen molar-refractivity contribution >= 4 is 16.9 Å². The van der Waals surface area contributed by atoms with Crippen LogP contribution in [0.4, 0.5) is 4.79 Å². The van der Waals surface area contributed by atoms with Crippen LogP contribution in [-0.4, -0.2) is 13.1 Å². The Morgan fingerprint density at radius 3 is 2.67 bits per heavy atom. The summed E-state index contributed by atoms with van der Waals surface area (Å²) >= 11 is 0. The van der Waals surface area contributed by atoms with Gasteiger partial charge in [0, 0.05) is 12.4 Å². The SMILES string of the molecule is CN[14C](=O)Oc1cccc2ccccc12. The molecular formula is C12H11NO2. The van der Waals surface area contributed by atoms with E-state index in [4.69, 9.17) is 4.74 Å². The van der Waals surface area contributed by atoms with Crippen molar-refractivity contribution in [2.75, 3.05) is 7.05 Å². The molecule has 2 rings (SSSR count). The minimum absolute atomic E-state index is 0.452. The molecule has 0 spiro atoms. The second-order valence-electron chi connectivity index (χ2n) is 3.12. The Labute approximate surface area is 87.7 Å². The highest BCUT2D eigenvalue weighted by molar-refractivity contribution is 5.90. The molecule has 0 aliphatic carbocycles. The molecule has 0 aliphatic heterocycles. The van der Waals surface area contributed by atoms with E-state index in [1.807, 2.05) is 36.4 Å². The fourth-order valence-electron chi connectivity index (χ4n) is 1.44. The molecule has 0 heterocycles. The lowest BCUT2D eigenvalue weighted by Crippen LogP contribution is -2.22. The molecule has 0 aromatic heterocycles. The Morgan fingerprint density at radius 2 is 1.87 bits per heavy atom. The Hall–Kier alpha value is -2.03. The number of hydrogen-bond acceptors (Lipinski definition) is 2. The molecule has 0 saturated heterocycles. The summed E-state index contributed by atoms with van der Waals surface area (Å²) in [6.07, 6.45) is -0.452. The Kier molecular flexibility index (Phi) is 2.54. The highest BCUT2D eigenvalue weighted by Gasteiger charge is 2.04. The zero-order valence-corrected chi connectivity index (χ0v) is 8.36. The summed E-state index contributed by atoms with van der Waals surface area (Å²) in [5.41, 5.74) is 0. The number of carbonyl (C=O) groups excluding carboxylic acids is 1. The summed E-state index contributed by atoms with van der Waals surface area (Å²) in [7, 11) is 1.54. The average molecular weight is 203 g/mol. The molecule has 0 bridgehead atoms. The summed E-state index contributed by atoms with van der Waals surface area (Å²) in [5, 5.41) is 4.41. The second kappa shape index (κ2) is 4.00. The molecule has 76 valence electrons. The third-order valence-corrected chi connectivity index (χ3v) is 2.16. The van der Waals surface area contributed by atoms with Crippen LogP contribution in [0.1, 0.15) is 0 Å². The lowest BCUT2D eigenvalue weighted by Gasteiger charge is -2.06. The monoisotopic (exact) mass is 203 g/mol. The average Bonchev–Trinajstić information content (AvgIpc) is 2.29. The lowest BCUT2D eigenvalue weighted by molar-refractivity contribution is 0.203. The maximum atomic E-state index is 11.1. The first-order valence-electron chi connectivity index (χ1n) is 4.68. The molecule has 1 amide bonds. The van der Waals surface area contributed by atoms with E-state index in [0.29, 0.717) is 5.75 Å². The quantitative estimate of drug-likeness (QED) is 0.773. The second-order valence-corrected chi connectivity index (χ2v) is 3.12. The van der Waals surface area contributed by atoms with Gasteiger partial charge in [-0.05, 0) is 11.5 Å². The predicted octanol–water partition coefficient (Wildman–Crippen LogP) is 2.56. The highest BCUT2D eigenvalue weighted by atomic mass is 16.8. The molecule has 2 aromatic carbocycles. The van der Waals surface area contributed by atoms with Gasteiger partial charge >= 0.3 is 6.09 Å². The maximum Gasteiger partial charge on any atom is 0.412 e. The standard InChI is InChI=1S/C12H11NO2/c1-13-12(14)15-11-8-4-6-9-5-2-3-7-10(9)11/h2-8H,1H3,(H,13,14)/i12+2. The first kappa shape index (κ1) is 9.52. The van der Waals surface area contributed by atoms with Crippen LogP contribution in [0, 0.1) is 0 Å². The molecule has 0 atom stereocenters. The number of hydrogen-bond donors (Lipinski definition) is 1. The number of ether oxygens (including phenoxy) is 1. The van der Waals surface area contributed by atoms with Crippen LogP contribution in [0.15, 0.2) is 42.5 Å². The van der Waals surface area contributed by atoms with Crippen LogP contribution < -0.4 is 10.1 Å². The van der Waals surface area contributed by atoms with Gasteiger partial charge in [0.1, 0.15) is 5.75 Å². The van der Waals surface area contributed by atoms with Gasteiger partial charge in [-0.15, -0.1) is 0 Å². The zero-order valence-electron chi connectivity index (χ0n) is 8.36. The minimum Gasteiger partial charge on any atom is -0.410 e. The van der Waals surface area contributed by atoms with Crippen molar-refractivity contribution in [1.29, 1.82) is 0 Å². The van der Waals surface area contributed by atoms with E-state index >= 15 is 0 Å². The van der Waals surface area contributed by atoms with Crippen molar-refractivity contribution < 1.29 is 9.53 Å². The van der Waals surface area contributed by atoms with Crippen molar-refractivity contribution in [3.05, 3.63) is 42.5 Å². The first-order chi connectivity index (χ1) is 7.31. The third kappa shape index (κ3) is 1.91. The minimum atomic E-state index is -0.452. The molecule has 1 N–H and O–H groups in total. The van der Waals surface area contributed by atoms with E-state index in [1.54, 1.807) is 6.07 Å². The molecule has 0 aliphatic rings. The van der Waals surface area contributed by atoms with Crippen LogP contribution in [0.2, 0.25) is 0 Å². The molecular weight excluding hydrogens is 192 g/mol. The van der Waals surface area contributed by atoms with E-state index in [2.05, 4.69) is 5.32 Å². The van der Waals surface area contributed by atoms with Gasteiger partial charge in [-0.2, -0.15) is 0 Å². The van der Waals surface area contributed by atoms with Crippen molar-refractivity contribution in [2.24, 2.45) is 0 Å². The van der Waals surface area contributed by atoms with Crippen molar-refractivity contribution in [2.45, 2.75) is 0 Å². The van der Waals surface area contributed by atoms with Gasteiger partial charge in [0.2, 0.25) is 0 Å². The van der Waals surface area contributed by atoms with Gasteiger partial charge < -0.3 is 10.1 Å². The molecule has 0 unspecified atom stereocenters. The molecule has 0 saturated carbocycles. The van der Waals surface area contributed by atoms with E-state index in [9.17, 15) is 4.79 Å². The summed E-state index contributed by atoms with van der Waals surface area (Å²) in [6.45, 7) is 0. The molecule has 15 heavy (non-hydrogen) atoms. The number of amides is 1. The fourth-order valence-corrected chi connectivity index (χ4v) is 1.44. The summed E-state index contributed by atoms with van der Waals surface area (Å²) in [6, 6.07) is 13.4. The molecule has 3 heteroatoms. The first-order valence-corrected chi connectivity index (χ1v) is 4.68. The Balaban J connectivity index is 2.46. The Bertz CT molecular complexity index is 488. The third-order valence-electron chi connectivity index (χ3n) is 2.16. The summed E-state index contributed by atoms with van der Waals surface area (Å²) in [5.74, 6) is 0.576. The number of benzene rings is 2. The number of rotatable bonds is 1. The van der Waals surface area contributed by atoms with Gasteiger partial charge in [0.05, 0.1) is 0 Å². The van der Waals surface area contributed by atoms with E-state index in [-0.39, 0.29) is 0 Å². The van der Waals surface area contributed by atoms with Gasteiger partial charge in [-0.25, -0.2) is 4.79 Å². The van der Waals surface area contributed by atoms with Crippen LogP contribution in [0.25, 0.3) is 10.8 Å². The largest absolute Gasteiger partial charge is 0.412 e. The van der Waals surface area contributed by atoms with Gasteiger partial charge in [-0.3, -0.25) is 0 Å². The predicted molar refractivity (Wildman–Crippen MR) is 59.0 cm³/mol. The van der Waals surface area contributed by atoms with Crippen molar-refractivity contribution in [1.82, 2.24) is 5.32 Å². The van der Waals surface area contributed by atoms with E-state index in [1.165, 1.54) is 7.05 Å². The van der Waals surface area contributed by atoms with Gasteiger partial charge in [-0.1, -0.05) is 36.4 Å². The van der Waals surface area contributed by atoms with Gasteiger partial charge in [0.15, 0.2) is 0 Å². The molecule has 3 nitrogen and oxygen atoms in total. The van der Waals surface area contributed by atoms with E-state index < -0.39 is 6.09 Å². The molecule has 0 radical (unpaired) electrons. The smallest absolute Gasteiger partial charge is 0.410 e. The zero-order chi connectivity index (χ0) is 10.7. The van der Waals surface area contributed by atoms with Crippen LogP contribution in [0.3, 0.4) is 0 Å². The highest BCUT2D eigenvalue weighted by Crippen LogP contribution is 2.24. The van der Waals surface area contributed by atoms with E-state index in [0.717, 1.165) is 10.8 Å². The Morgan fingerprint density at radius 1 is 1.13 bits per heavy atom. The fraction of sp³-hybridized carbons (Fsp3) is 0.0833. The number of carbonyl (C=O) groups is 1. The number of fused-ring (bicyclic) bond motifs is 1. The summed E-state index contributed by atoms with van der Waals surface area (Å²) < 4.78 is 5.13. The van der Waals surface area contributed by atoms with Crippen LogP contribution in [0.5, 0.6) is 5.75 Å². The van der Waals surface area contributed by atoms with Crippen molar-refractivity contribution in [3.8, 4) is 5.75 Å². The van der Waals surface area contributed by atoms with Crippen molar-refractivity contribution in [3.63, 3.8) is 0 Å².